The summed E-state index contributed by atoms with van der Waals surface area (Å²) in [4.78, 5) is 23.2. The second-order valence-electron chi connectivity index (χ2n) is 4.77. The Hall–Kier alpha value is -2.35. The molecule has 0 aliphatic rings. The number of nitriles is 1. The van der Waals surface area contributed by atoms with Crippen LogP contribution in [-0.4, -0.2) is 17.9 Å². The van der Waals surface area contributed by atoms with Gasteiger partial charge in [-0.15, -0.1) is 0 Å². The van der Waals surface area contributed by atoms with Crippen LogP contribution in [0.4, 0.5) is 0 Å². The number of amides is 2. The average molecular weight is 273 g/mol. The second kappa shape index (κ2) is 7.95. The molecule has 3 N–H and O–H groups in total. The first kappa shape index (κ1) is 15.7. The molecule has 0 radical (unpaired) electrons. The molecule has 0 saturated carbocycles. The van der Waals surface area contributed by atoms with Crippen LogP contribution in [-0.2, 0) is 16.0 Å². The van der Waals surface area contributed by atoms with Gasteiger partial charge in [-0.05, 0) is 17.9 Å². The third-order valence-corrected chi connectivity index (χ3v) is 3.09. The van der Waals surface area contributed by atoms with E-state index in [0.717, 1.165) is 5.56 Å². The smallest absolute Gasteiger partial charge is 0.240 e. The van der Waals surface area contributed by atoms with E-state index in [-0.39, 0.29) is 24.7 Å². The minimum absolute atomic E-state index is 0.173. The maximum absolute atomic E-state index is 11.8. The molecule has 106 valence electrons. The summed E-state index contributed by atoms with van der Waals surface area (Å²) in [6, 6.07) is 10.8. The molecule has 1 aromatic rings. The molecule has 0 heterocycles. The highest BCUT2D eigenvalue weighted by Gasteiger charge is 2.24. The molecule has 0 fully saturated rings. The Morgan fingerprint density at radius 1 is 1.35 bits per heavy atom. The summed E-state index contributed by atoms with van der Waals surface area (Å²) < 4.78 is 0. The number of primary amides is 1. The lowest BCUT2D eigenvalue weighted by Gasteiger charge is -2.20. The normalized spacial score (nSPS) is 13.0. The number of nitrogens with two attached hydrogens (primary N) is 1. The molecule has 2 atom stereocenters. The third kappa shape index (κ3) is 5.11. The number of rotatable bonds is 7. The number of aryl methyl sites for hydroxylation is 1. The number of carbonyl (C=O) groups excluding carboxylic acids is 2. The number of nitrogens with one attached hydrogen (secondary N) is 1. The van der Waals surface area contributed by atoms with E-state index in [1.807, 2.05) is 36.4 Å². The molecule has 0 aliphatic heterocycles. The van der Waals surface area contributed by atoms with Gasteiger partial charge in [-0.1, -0.05) is 37.3 Å². The lowest BCUT2D eigenvalue weighted by molar-refractivity contribution is -0.128. The zero-order valence-electron chi connectivity index (χ0n) is 11.5. The van der Waals surface area contributed by atoms with Crippen molar-refractivity contribution in [3.63, 3.8) is 0 Å². The molecule has 20 heavy (non-hydrogen) atoms. The maximum atomic E-state index is 11.8. The van der Waals surface area contributed by atoms with E-state index >= 15 is 0 Å². The van der Waals surface area contributed by atoms with E-state index in [0.29, 0.717) is 6.42 Å². The fraction of sp³-hybridized carbons (Fsp3) is 0.400. The van der Waals surface area contributed by atoms with Crippen LogP contribution in [0, 0.1) is 17.2 Å². The standard InChI is InChI=1S/C15H19N3O2/c1-11(9-10-16)14(15(17)20)18-13(19)8-7-12-5-3-2-4-6-12/h2-6,11,14H,7-9H2,1H3,(H2,17,20)(H,18,19)/t11-,14-/m0/s1. The third-order valence-electron chi connectivity index (χ3n) is 3.09. The molecule has 5 nitrogen and oxygen atoms in total. The van der Waals surface area contributed by atoms with Gasteiger partial charge in [0.1, 0.15) is 6.04 Å². The first-order chi connectivity index (χ1) is 9.54. The van der Waals surface area contributed by atoms with Gasteiger partial charge in [0.05, 0.1) is 6.07 Å². The predicted octanol–water partition coefficient (Wildman–Crippen LogP) is 1.14. The first-order valence-electron chi connectivity index (χ1n) is 6.54. The minimum Gasteiger partial charge on any atom is -0.368 e. The second-order valence-corrected chi connectivity index (χ2v) is 4.77. The van der Waals surface area contributed by atoms with Gasteiger partial charge in [-0.2, -0.15) is 5.26 Å². The minimum atomic E-state index is -0.794. The van der Waals surface area contributed by atoms with Gasteiger partial charge in [0.2, 0.25) is 11.8 Å². The number of nitrogens with zero attached hydrogens (tertiary/aromatic N) is 1. The van der Waals surface area contributed by atoms with E-state index < -0.39 is 11.9 Å². The van der Waals surface area contributed by atoms with Crippen molar-refractivity contribution in [2.24, 2.45) is 11.7 Å². The van der Waals surface area contributed by atoms with E-state index in [9.17, 15) is 9.59 Å². The number of hydrogen-bond donors (Lipinski definition) is 2. The fourth-order valence-corrected chi connectivity index (χ4v) is 1.90. The highest BCUT2D eigenvalue weighted by Crippen LogP contribution is 2.08. The van der Waals surface area contributed by atoms with Crippen molar-refractivity contribution in [1.82, 2.24) is 5.32 Å². The topological polar surface area (TPSA) is 96.0 Å². The summed E-state index contributed by atoms with van der Waals surface area (Å²) in [5.41, 5.74) is 6.32. The van der Waals surface area contributed by atoms with E-state index in [2.05, 4.69) is 5.32 Å². The molecule has 0 unspecified atom stereocenters. The monoisotopic (exact) mass is 273 g/mol. The van der Waals surface area contributed by atoms with Crippen LogP contribution in [0.2, 0.25) is 0 Å². The molecule has 1 rings (SSSR count). The zero-order chi connectivity index (χ0) is 15.0. The van der Waals surface area contributed by atoms with Crippen molar-refractivity contribution >= 4 is 11.8 Å². The van der Waals surface area contributed by atoms with Crippen LogP contribution in [0.3, 0.4) is 0 Å². The molecule has 2 amide bonds. The number of benzene rings is 1. The molecule has 0 aromatic heterocycles. The van der Waals surface area contributed by atoms with E-state index in [1.54, 1.807) is 6.92 Å². The molecule has 0 saturated heterocycles. The number of hydrogen-bond acceptors (Lipinski definition) is 3. The number of carbonyl (C=O) groups is 2. The first-order valence-corrected chi connectivity index (χ1v) is 6.54. The van der Waals surface area contributed by atoms with Crippen molar-refractivity contribution in [2.45, 2.75) is 32.2 Å². The average Bonchev–Trinajstić information content (AvgIpc) is 2.43. The molecule has 1 aromatic carbocycles. The van der Waals surface area contributed by atoms with Crippen molar-refractivity contribution in [3.05, 3.63) is 35.9 Å². The van der Waals surface area contributed by atoms with Crippen LogP contribution >= 0.6 is 0 Å². The van der Waals surface area contributed by atoms with E-state index in [1.165, 1.54) is 0 Å². The van der Waals surface area contributed by atoms with Crippen LogP contribution in [0.25, 0.3) is 0 Å². The summed E-state index contributed by atoms with van der Waals surface area (Å²) in [6.45, 7) is 1.72. The Balaban J connectivity index is 2.50. The Kier molecular flexibility index (Phi) is 6.24. The molecule has 0 aliphatic carbocycles. The lowest BCUT2D eigenvalue weighted by atomic mass is 9.98. The van der Waals surface area contributed by atoms with E-state index in [4.69, 9.17) is 11.0 Å². The van der Waals surface area contributed by atoms with Crippen molar-refractivity contribution in [2.75, 3.05) is 0 Å². The lowest BCUT2D eigenvalue weighted by Crippen LogP contribution is -2.48. The molecular weight excluding hydrogens is 254 g/mol. The van der Waals surface area contributed by atoms with Crippen LogP contribution < -0.4 is 11.1 Å². The molecule has 5 heteroatoms. The summed E-state index contributed by atoms with van der Waals surface area (Å²) >= 11 is 0. The molecular formula is C15H19N3O2. The van der Waals surface area contributed by atoms with Gasteiger partial charge in [0.15, 0.2) is 0 Å². The van der Waals surface area contributed by atoms with Gasteiger partial charge in [-0.25, -0.2) is 0 Å². The van der Waals surface area contributed by atoms with Gasteiger partial charge in [0.25, 0.3) is 0 Å². The summed E-state index contributed by atoms with van der Waals surface area (Å²) in [6.07, 6.45) is 1.06. The largest absolute Gasteiger partial charge is 0.368 e. The molecule has 0 spiro atoms. The van der Waals surface area contributed by atoms with Crippen LogP contribution in [0.1, 0.15) is 25.3 Å². The summed E-state index contributed by atoms with van der Waals surface area (Å²) in [5.74, 6) is -1.14. The fourth-order valence-electron chi connectivity index (χ4n) is 1.90. The van der Waals surface area contributed by atoms with Crippen molar-refractivity contribution in [1.29, 1.82) is 5.26 Å². The Labute approximate surface area is 118 Å². The maximum Gasteiger partial charge on any atom is 0.240 e. The highest BCUT2D eigenvalue weighted by molar-refractivity contribution is 5.86. The van der Waals surface area contributed by atoms with Gasteiger partial charge >= 0.3 is 0 Å². The Bertz CT molecular complexity index is 494. The van der Waals surface area contributed by atoms with Gasteiger partial charge < -0.3 is 11.1 Å². The van der Waals surface area contributed by atoms with Gasteiger partial charge in [-0.3, -0.25) is 9.59 Å². The van der Waals surface area contributed by atoms with Gasteiger partial charge in [0, 0.05) is 12.8 Å². The predicted molar refractivity (Wildman–Crippen MR) is 75.3 cm³/mol. The van der Waals surface area contributed by atoms with Crippen LogP contribution in [0.5, 0.6) is 0 Å². The summed E-state index contributed by atoms with van der Waals surface area (Å²) in [7, 11) is 0. The Morgan fingerprint density at radius 2 is 2.00 bits per heavy atom. The highest BCUT2D eigenvalue weighted by atomic mass is 16.2. The van der Waals surface area contributed by atoms with Crippen LogP contribution in [0.15, 0.2) is 30.3 Å². The SMILES string of the molecule is C[C@@H](CC#N)[C@H](NC(=O)CCc1ccccc1)C(N)=O. The Morgan fingerprint density at radius 3 is 2.55 bits per heavy atom. The van der Waals surface area contributed by atoms with Crippen molar-refractivity contribution < 1.29 is 9.59 Å². The molecule has 0 bridgehead atoms. The van der Waals surface area contributed by atoms with Crippen molar-refractivity contribution in [3.8, 4) is 6.07 Å². The summed E-state index contributed by atoms with van der Waals surface area (Å²) in [5, 5.41) is 11.2. The zero-order valence-corrected chi connectivity index (χ0v) is 11.5. The quantitative estimate of drug-likeness (QED) is 0.779.